The molecule has 26 heavy (non-hydrogen) atoms. The molecule has 2 aromatic rings. The average Bonchev–Trinajstić information content (AvgIpc) is 2.67. The lowest BCUT2D eigenvalue weighted by Gasteiger charge is -2.26. The first-order chi connectivity index (χ1) is 12.6. The van der Waals surface area contributed by atoms with Crippen LogP contribution in [0, 0.1) is 5.92 Å². The molecule has 0 bridgehead atoms. The van der Waals surface area contributed by atoms with Crippen molar-refractivity contribution in [3.8, 4) is 23.0 Å². The van der Waals surface area contributed by atoms with Gasteiger partial charge < -0.3 is 24.3 Å². The maximum atomic E-state index is 5.73. The van der Waals surface area contributed by atoms with Gasteiger partial charge in [0.15, 0.2) is 11.5 Å². The molecule has 0 aromatic heterocycles. The Morgan fingerprint density at radius 1 is 0.962 bits per heavy atom. The van der Waals surface area contributed by atoms with Crippen molar-refractivity contribution in [3.05, 3.63) is 47.5 Å². The van der Waals surface area contributed by atoms with Gasteiger partial charge in [-0.3, -0.25) is 0 Å². The number of hydrogen-bond acceptors (Lipinski definition) is 5. The smallest absolute Gasteiger partial charge is 0.161 e. The molecular formula is C21H27NO4. The highest BCUT2D eigenvalue weighted by atomic mass is 16.6. The number of fused-ring (bicyclic) bond motifs is 1. The molecule has 140 valence electrons. The summed E-state index contributed by atoms with van der Waals surface area (Å²) in [6.07, 6.45) is 0. The van der Waals surface area contributed by atoms with Gasteiger partial charge in [-0.25, -0.2) is 0 Å². The largest absolute Gasteiger partial charge is 0.497 e. The van der Waals surface area contributed by atoms with E-state index in [9.17, 15) is 0 Å². The summed E-state index contributed by atoms with van der Waals surface area (Å²) in [6, 6.07) is 12.2. The second-order valence-electron chi connectivity index (χ2n) is 6.68. The first-order valence-corrected chi connectivity index (χ1v) is 8.96. The van der Waals surface area contributed by atoms with E-state index in [0.29, 0.717) is 25.7 Å². The third-order valence-electron chi connectivity index (χ3n) is 4.59. The van der Waals surface area contributed by atoms with E-state index in [-0.39, 0.29) is 6.04 Å². The summed E-state index contributed by atoms with van der Waals surface area (Å²) < 4.78 is 22.2. The third-order valence-corrected chi connectivity index (χ3v) is 4.59. The maximum absolute atomic E-state index is 5.73. The van der Waals surface area contributed by atoms with E-state index in [1.807, 2.05) is 24.3 Å². The van der Waals surface area contributed by atoms with Crippen LogP contribution in [0.4, 0.5) is 0 Å². The minimum absolute atomic E-state index is 0.182. The zero-order valence-corrected chi connectivity index (χ0v) is 15.9. The molecule has 0 amide bonds. The molecule has 3 rings (SSSR count). The molecule has 5 nitrogen and oxygen atoms in total. The van der Waals surface area contributed by atoms with Crippen LogP contribution in [0.25, 0.3) is 0 Å². The van der Waals surface area contributed by atoms with Crippen LogP contribution in [-0.4, -0.2) is 27.4 Å². The van der Waals surface area contributed by atoms with E-state index in [0.717, 1.165) is 28.6 Å². The van der Waals surface area contributed by atoms with E-state index < -0.39 is 0 Å². The molecule has 1 atom stereocenters. The second-order valence-corrected chi connectivity index (χ2v) is 6.68. The highest BCUT2D eigenvalue weighted by Gasteiger charge is 2.20. The maximum Gasteiger partial charge on any atom is 0.161 e. The van der Waals surface area contributed by atoms with Crippen LogP contribution in [0.5, 0.6) is 23.0 Å². The van der Waals surface area contributed by atoms with E-state index in [1.54, 1.807) is 14.2 Å². The van der Waals surface area contributed by atoms with Gasteiger partial charge in [-0.15, -0.1) is 0 Å². The molecule has 0 saturated heterocycles. The Bertz CT molecular complexity index is 745. The third kappa shape index (κ3) is 4.05. The van der Waals surface area contributed by atoms with Gasteiger partial charge in [0.1, 0.15) is 24.7 Å². The van der Waals surface area contributed by atoms with Crippen LogP contribution in [0.3, 0.4) is 0 Å². The van der Waals surface area contributed by atoms with Gasteiger partial charge in [0.2, 0.25) is 0 Å². The predicted octanol–water partition coefficient (Wildman–Crippen LogP) is 3.96. The first kappa shape index (κ1) is 18.4. The highest BCUT2D eigenvalue weighted by molar-refractivity contribution is 5.45. The van der Waals surface area contributed by atoms with Gasteiger partial charge in [-0.2, -0.15) is 0 Å². The van der Waals surface area contributed by atoms with Crippen LogP contribution in [0.2, 0.25) is 0 Å². The lowest BCUT2D eigenvalue weighted by atomic mass is 9.95. The van der Waals surface area contributed by atoms with Crippen molar-refractivity contribution >= 4 is 0 Å². The molecule has 1 aliphatic heterocycles. The standard InChI is InChI=1S/C21H27NO4/c1-14(2)21(15-5-7-19-20(12-15)26-10-9-25-19)22-13-16-11-17(23-3)6-8-18(16)24-4/h5-8,11-12,14,21-22H,9-10,13H2,1-4H3/t21-/m1/s1. The molecule has 0 saturated carbocycles. The van der Waals surface area contributed by atoms with Gasteiger partial charge >= 0.3 is 0 Å². The molecule has 5 heteroatoms. The zero-order valence-electron chi connectivity index (χ0n) is 15.9. The van der Waals surface area contributed by atoms with Crippen molar-refractivity contribution in [1.82, 2.24) is 5.32 Å². The monoisotopic (exact) mass is 357 g/mol. The van der Waals surface area contributed by atoms with E-state index in [2.05, 4.69) is 31.3 Å². The van der Waals surface area contributed by atoms with Crippen molar-refractivity contribution in [3.63, 3.8) is 0 Å². The molecule has 0 fully saturated rings. The molecular weight excluding hydrogens is 330 g/mol. The molecule has 0 radical (unpaired) electrons. The molecule has 0 spiro atoms. The summed E-state index contributed by atoms with van der Waals surface area (Å²) in [5, 5.41) is 3.65. The molecule has 2 aromatic carbocycles. The lowest BCUT2D eigenvalue weighted by molar-refractivity contribution is 0.171. The Morgan fingerprint density at radius 3 is 2.42 bits per heavy atom. The first-order valence-electron chi connectivity index (χ1n) is 8.96. The Hall–Kier alpha value is -2.40. The minimum atomic E-state index is 0.182. The fraction of sp³-hybridized carbons (Fsp3) is 0.429. The van der Waals surface area contributed by atoms with Crippen molar-refractivity contribution in [2.75, 3.05) is 27.4 Å². The Balaban J connectivity index is 1.79. The average molecular weight is 357 g/mol. The number of rotatable bonds is 7. The van der Waals surface area contributed by atoms with Crippen LogP contribution in [0.15, 0.2) is 36.4 Å². The summed E-state index contributed by atoms with van der Waals surface area (Å²) in [5.74, 6) is 3.72. The van der Waals surface area contributed by atoms with Crippen LogP contribution in [-0.2, 0) is 6.54 Å². The molecule has 0 unspecified atom stereocenters. The number of nitrogens with one attached hydrogen (secondary N) is 1. The van der Waals surface area contributed by atoms with E-state index in [1.165, 1.54) is 5.56 Å². The van der Waals surface area contributed by atoms with Crippen LogP contribution in [0.1, 0.15) is 31.0 Å². The summed E-state index contributed by atoms with van der Waals surface area (Å²) in [5.41, 5.74) is 2.25. The van der Waals surface area contributed by atoms with Crippen molar-refractivity contribution in [2.24, 2.45) is 5.92 Å². The molecule has 1 N–H and O–H groups in total. The quantitative estimate of drug-likeness (QED) is 0.813. The van der Waals surface area contributed by atoms with E-state index >= 15 is 0 Å². The Morgan fingerprint density at radius 2 is 1.73 bits per heavy atom. The number of benzene rings is 2. The minimum Gasteiger partial charge on any atom is -0.497 e. The normalized spacial score (nSPS) is 14.2. The van der Waals surface area contributed by atoms with Crippen molar-refractivity contribution in [2.45, 2.75) is 26.4 Å². The zero-order chi connectivity index (χ0) is 18.5. The fourth-order valence-corrected chi connectivity index (χ4v) is 3.23. The summed E-state index contributed by atoms with van der Waals surface area (Å²) in [7, 11) is 3.36. The van der Waals surface area contributed by atoms with Gasteiger partial charge in [-0.1, -0.05) is 19.9 Å². The summed E-state index contributed by atoms with van der Waals surface area (Å²) in [6.45, 7) is 6.29. The van der Waals surface area contributed by atoms with Crippen molar-refractivity contribution < 1.29 is 18.9 Å². The summed E-state index contributed by atoms with van der Waals surface area (Å²) in [4.78, 5) is 0. The molecule has 0 aliphatic carbocycles. The topological polar surface area (TPSA) is 49.0 Å². The number of hydrogen-bond donors (Lipinski definition) is 1. The SMILES string of the molecule is COc1ccc(OC)c(CN[C@@H](c2ccc3c(c2)OCCO3)C(C)C)c1. The lowest BCUT2D eigenvalue weighted by Crippen LogP contribution is -2.26. The van der Waals surface area contributed by atoms with Crippen LogP contribution >= 0.6 is 0 Å². The Labute approximate surface area is 155 Å². The Kier molecular flexibility index (Phi) is 5.89. The second kappa shape index (κ2) is 8.32. The predicted molar refractivity (Wildman–Crippen MR) is 101 cm³/mol. The number of methoxy groups -OCH3 is 2. The van der Waals surface area contributed by atoms with Gasteiger partial charge in [0, 0.05) is 18.2 Å². The van der Waals surface area contributed by atoms with Gasteiger partial charge in [0.25, 0.3) is 0 Å². The summed E-state index contributed by atoms with van der Waals surface area (Å²) >= 11 is 0. The van der Waals surface area contributed by atoms with Crippen molar-refractivity contribution in [1.29, 1.82) is 0 Å². The van der Waals surface area contributed by atoms with E-state index in [4.69, 9.17) is 18.9 Å². The molecule has 1 aliphatic rings. The molecule has 1 heterocycles. The van der Waals surface area contributed by atoms with Crippen LogP contribution < -0.4 is 24.3 Å². The van der Waals surface area contributed by atoms with Gasteiger partial charge in [0.05, 0.1) is 14.2 Å². The van der Waals surface area contributed by atoms with Gasteiger partial charge in [-0.05, 0) is 41.8 Å². The highest BCUT2D eigenvalue weighted by Crippen LogP contribution is 2.35. The number of ether oxygens (including phenoxy) is 4. The fourth-order valence-electron chi connectivity index (χ4n) is 3.23.